The highest BCUT2D eigenvalue weighted by atomic mass is 127. The molecular formula is C33H25Br2F2IN8O3. The van der Waals surface area contributed by atoms with Crippen LogP contribution >= 0.6 is 54.5 Å². The summed E-state index contributed by atoms with van der Waals surface area (Å²) in [6, 6.07) is 7.06. The van der Waals surface area contributed by atoms with Crippen molar-refractivity contribution in [2.24, 2.45) is 11.5 Å². The van der Waals surface area contributed by atoms with Gasteiger partial charge in [-0.15, -0.1) is 0 Å². The summed E-state index contributed by atoms with van der Waals surface area (Å²) in [5.41, 5.74) is 15.5. The lowest BCUT2D eigenvalue weighted by molar-refractivity contribution is 0.0987. The first-order valence-electron chi connectivity index (χ1n) is 15.8. The Morgan fingerprint density at radius 3 is 1.82 bits per heavy atom. The summed E-state index contributed by atoms with van der Waals surface area (Å²) in [5, 5.41) is 4.08. The highest BCUT2D eigenvalue weighted by molar-refractivity contribution is 14.1. The zero-order valence-corrected chi connectivity index (χ0v) is 30.7. The second-order valence-corrected chi connectivity index (χ2v) is 16.0. The Morgan fingerprint density at radius 2 is 1.29 bits per heavy atom. The van der Waals surface area contributed by atoms with Crippen molar-refractivity contribution in [3.63, 3.8) is 0 Å². The van der Waals surface area contributed by atoms with Crippen LogP contribution in [0.4, 0.5) is 8.78 Å². The largest absolute Gasteiger partial charge is 0.364 e. The molecule has 3 fully saturated rings. The van der Waals surface area contributed by atoms with Gasteiger partial charge in [0.05, 0.1) is 8.95 Å². The molecule has 0 atom stereocenters. The highest BCUT2D eigenvalue weighted by Crippen LogP contribution is 2.55. The Morgan fingerprint density at radius 1 is 0.776 bits per heavy atom. The first-order chi connectivity index (χ1) is 23.5. The molecule has 4 N–H and O–H groups in total. The molecule has 5 aromatic rings. The van der Waals surface area contributed by atoms with Crippen LogP contribution < -0.4 is 11.5 Å². The molecule has 4 bridgehead atoms. The van der Waals surface area contributed by atoms with Gasteiger partial charge in [-0.1, -0.05) is 5.16 Å². The molecule has 2 amide bonds. The van der Waals surface area contributed by atoms with Gasteiger partial charge < -0.3 is 25.1 Å². The minimum atomic E-state index is -0.652. The van der Waals surface area contributed by atoms with E-state index < -0.39 is 11.8 Å². The molecule has 16 heteroatoms. The number of imidazole rings is 2. The summed E-state index contributed by atoms with van der Waals surface area (Å²) in [5.74, 6) is 1.44. The van der Waals surface area contributed by atoms with Gasteiger partial charge in [0, 0.05) is 29.1 Å². The quantitative estimate of drug-likeness (QED) is 0.177. The first kappa shape index (κ1) is 31.5. The second-order valence-electron chi connectivity index (χ2n) is 13.3. The summed E-state index contributed by atoms with van der Waals surface area (Å²) in [7, 11) is 0. The Bertz CT molecular complexity index is 2270. The fraction of sp³-hybridized carbons (Fsp3) is 0.333. The number of halogens is 5. The topological polar surface area (TPSA) is 161 Å². The third-order valence-corrected chi connectivity index (χ3v) is 12.6. The van der Waals surface area contributed by atoms with Crippen molar-refractivity contribution < 1.29 is 22.9 Å². The summed E-state index contributed by atoms with van der Waals surface area (Å²) in [6.45, 7) is 0. The van der Waals surface area contributed by atoms with Gasteiger partial charge in [0.2, 0.25) is 0 Å². The van der Waals surface area contributed by atoms with E-state index in [9.17, 15) is 18.4 Å². The van der Waals surface area contributed by atoms with E-state index >= 15 is 0 Å². The van der Waals surface area contributed by atoms with Crippen LogP contribution in [-0.2, 0) is 0 Å². The van der Waals surface area contributed by atoms with E-state index in [-0.39, 0.29) is 35.2 Å². The number of aromatic nitrogens is 6. The Hall–Kier alpha value is -3.51. The lowest BCUT2D eigenvalue weighted by Crippen LogP contribution is -2.24. The maximum absolute atomic E-state index is 14.2. The highest BCUT2D eigenvalue weighted by Gasteiger charge is 2.44. The zero-order valence-electron chi connectivity index (χ0n) is 25.4. The number of carbonyl (C=O) groups is 2. The van der Waals surface area contributed by atoms with Crippen molar-refractivity contribution in [1.82, 2.24) is 29.2 Å². The molecule has 49 heavy (non-hydrogen) atoms. The molecular weight excluding hydrogens is 881 g/mol. The number of carbonyl (C=O) groups excluding carboxylic acids is 2. The molecule has 0 unspecified atom stereocenters. The fourth-order valence-electron chi connectivity index (χ4n) is 7.58. The standard InChI is InChI=1S/C19H15BrFN5O2.C14H10BrFIN3O/c20-12-5-11-10(6-13(12)21)8-3-9(4-8)26-15(14(16(22)27)23-18(11)26)19-24-17(25-28-19)7-1-2-7;15-9-3-8-7(4-10(9)16)5-1-6(2-5)20-12(17)11(13(18)21)19-14(8)20/h5-9H,1-4H2,(H2,22,27);3-6H,1-2H2,(H2,18,21). The normalized spacial score (nSPS) is 22.1. The molecule has 0 spiro atoms. The molecule has 12 rings (SSSR count). The van der Waals surface area contributed by atoms with E-state index in [0.29, 0.717) is 55.7 Å². The minimum absolute atomic E-state index is 0.109. The number of amides is 2. The van der Waals surface area contributed by atoms with Gasteiger partial charge in [0.25, 0.3) is 17.7 Å². The van der Waals surface area contributed by atoms with Crippen molar-refractivity contribution in [2.75, 3.05) is 0 Å². The molecule has 7 heterocycles. The lowest BCUT2D eigenvalue weighted by Gasteiger charge is -2.35. The summed E-state index contributed by atoms with van der Waals surface area (Å²) in [4.78, 5) is 37.3. The summed E-state index contributed by atoms with van der Waals surface area (Å²) >= 11 is 8.62. The molecule has 2 aromatic carbocycles. The number of benzene rings is 2. The molecule has 3 aromatic heterocycles. The number of hydrogen-bond donors (Lipinski definition) is 2. The molecule has 0 saturated heterocycles. The molecule has 11 nitrogen and oxygen atoms in total. The van der Waals surface area contributed by atoms with Gasteiger partial charge in [0.1, 0.15) is 32.7 Å². The van der Waals surface area contributed by atoms with Gasteiger partial charge in [-0.3, -0.25) is 9.59 Å². The van der Waals surface area contributed by atoms with E-state index in [2.05, 4.69) is 79.1 Å². The third-order valence-electron chi connectivity index (χ3n) is 10.3. The number of nitrogens with two attached hydrogens (primary N) is 2. The van der Waals surface area contributed by atoms with Crippen LogP contribution in [0.2, 0.25) is 0 Å². The van der Waals surface area contributed by atoms with Gasteiger partial charge in [-0.2, -0.15) is 4.98 Å². The zero-order chi connectivity index (χ0) is 34.0. The van der Waals surface area contributed by atoms with Crippen molar-refractivity contribution in [1.29, 1.82) is 0 Å². The number of rotatable bonds is 4. The average Bonchev–Trinajstić information content (AvgIpc) is 3.61. The smallest absolute Gasteiger partial charge is 0.277 e. The van der Waals surface area contributed by atoms with Gasteiger partial charge in [-0.25, -0.2) is 18.7 Å². The van der Waals surface area contributed by atoms with E-state index in [4.69, 9.17) is 16.0 Å². The number of nitrogens with zero attached hydrogens (tertiary/aromatic N) is 6. The maximum Gasteiger partial charge on any atom is 0.277 e. The fourth-order valence-corrected chi connectivity index (χ4v) is 9.27. The van der Waals surface area contributed by atoms with Crippen LogP contribution in [0.3, 0.4) is 0 Å². The van der Waals surface area contributed by atoms with E-state index in [1.165, 1.54) is 0 Å². The number of hydrogen-bond acceptors (Lipinski definition) is 7. The lowest BCUT2D eigenvalue weighted by atomic mass is 9.75. The van der Waals surface area contributed by atoms with Crippen LogP contribution in [0.15, 0.2) is 37.7 Å². The Kier molecular flexibility index (Phi) is 7.22. The molecule has 4 aliphatic heterocycles. The van der Waals surface area contributed by atoms with Crippen LogP contribution in [0.1, 0.15) is 106 Å². The van der Waals surface area contributed by atoms with Gasteiger partial charge >= 0.3 is 0 Å². The average molecular weight is 906 g/mol. The van der Waals surface area contributed by atoms with Crippen LogP contribution in [-0.4, -0.2) is 41.1 Å². The second kappa shape index (κ2) is 11.2. The third kappa shape index (κ3) is 4.87. The van der Waals surface area contributed by atoms with Gasteiger partial charge in [-0.05, 0) is 140 Å². The first-order valence-corrected chi connectivity index (χ1v) is 18.5. The Balaban J connectivity index is 0.000000138. The summed E-state index contributed by atoms with van der Waals surface area (Å²) < 4.78 is 39.2. The predicted octanol–water partition coefficient (Wildman–Crippen LogP) is 7.50. The minimum Gasteiger partial charge on any atom is -0.364 e. The molecule has 3 saturated carbocycles. The predicted molar refractivity (Wildman–Crippen MR) is 188 cm³/mol. The monoisotopic (exact) mass is 904 g/mol. The van der Waals surface area contributed by atoms with Gasteiger partial charge in [0.15, 0.2) is 17.2 Å². The van der Waals surface area contributed by atoms with Crippen LogP contribution in [0.25, 0.3) is 34.4 Å². The number of primary amides is 2. The van der Waals surface area contributed by atoms with Crippen LogP contribution in [0, 0.1) is 15.3 Å². The molecule has 0 radical (unpaired) electrons. The van der Waals surface area contributed by atoms with E-state index in [1.807, 2.05) is 4.57 Å². The van der Waals surface area contributed by atoms with Crippen molar-refractivity contribution >= 4 is 66.3 Å². The van der Waals surface area contributed by atoms with Crippen molar-refractivity contribution in [2.45, 2.75) is 68.4 Å². The van der Waals surface area contributed by atoms with Crippen LogP contribution in [0.5, 0.6) is 0 Å². The van der Waals surface area contributed by atoms with Crippen molar-refractivity contribution in [3.8, 4) is 34.4 Å². The molecule has 3 aliphatic carbocycles. The van der Waals surface area contributed by atoms with E-state index in [0.717, 1.165) is 64.5 Å². The maximum atomic E-state index is 14.2. The molecule has 7 aliphatic rings. The Labute approximate surface area is 307 Å². The SMILES string of the molecule is NC(=O)c1nc2n(c1-c1nc(C3CC3)no1)C1CC(C1)c1cc(F)c(Br)cc1-2.NC(=O)c1nc2n(c1I)C1CC(C1)c1cc(F)c(Br)cc1-2. The molecule has 250 valence electrons. The van der Waals surface area contributed by atoms with E-state index in [1.54, 1.807) is 24.3 Å². The van der Waals surface area contributed by atoms with Crippen molar-refractivity contribution in [3.05, 3.63) is 76.9 Å². The summed E-state index contributed by atoms with van der Waals surface area (Å²) in [6.07, 6.45) is 5.67.